The highest BCUT2D eigenvalue weighted by Crippen LogP contribution is 2.45. The van der Waals surface area contributed by atoms with E-state index in [0.717, 1.165) is 25.6 Å². The smallest absolute Gasteiger partial charge is 0.216 e. The molecule has 0 bridgehead atoms. The summed E-state index contributed by atoms with van der Waals surface area (Å²) in [6.45, 7) is 8.06. The van der Waals surface area contributed by atoms with Crippen LogP contribution in [0.1, 0.15) is 46.0 Å². The quantitative estimate of drug-likeness (QED) is 0.324. The summed E-state index contributed by atoms with van der Waals surface area (Å²) >= 11 is 0. The van der Waals surface area contributed by atoms with Crippen LogP contribution in [0.5, 0.6) is 0 Å². The predicted molar refractivity (Wildman–Crippen MR) is 97.2 cm³/mol. The van der Waals surface area contributed by atoms with Gasteiger partial charge in [-0.1, -0.05) is 12.8 Å². The minimum Gasteiger partial charge on any atom is -0.357 e. The molecule has 2 aliphatic rings. The lowest BCUT2D eigenvalue weighted by atomic mass is 9.86. The summed E-state index contributed by atoms with van der Waals surface area (Å²) in [7, 11) is 0. The molecule has 0 atom stereocenters. The van der Waals surface area contributed by atoms with Crippen molar-refractivity contribution < 1.29 is 4.79 Å². The number of hydrogen-bond acceptors (Lipinski definition) is 2. The van der Waals surface area contributed by atoms with E-state index in [4.69, 9.17) is 0 Å². The number of nitrogens with zero attached hydrogens (tertiary/aromatic N) is 2. The molecule has 1 amide bonds. The van der Waals surface area contributed by atoms with Gasteiger partial charge in [0.1, 0.15) is 0 Å². The minimum atomic E-state index is 0. The van der Waals surface area contributed by atoms with Crippen LogP contribution in [0.25, 0.3) is 0 Å². The van der Waals surface area contributed by atoms with E-state index in [9.17, 15) is 4.79 Å². The van der Waals surface area contributed by atoms with Crippen LogP contribution in [0.15, 0.2) is 4.99 Å². The number of carbonyl (C=O) groups is 1. The summed E-state index contributed by atoms with van der Waals surface area (Å²) in [6, 6.07) is 0. The molecule has 0 aromatic rings. The molecule has 0 unspecified atom stereocenters. The lowest BCUT2D eigenvalue weighted by Gasteiger charge is -2.26. The Morgan fingerprint density at radius 3 is 2.57 bits per heavy atom. The third-order valence-corrected chi connectivity index (χ3v) is 4.48. The monoisotopic (exact) mass is 408 g/mol. The number of guanidine groups is 1. The molecule has 21 heavy (non-hydrogen) atoms. The maximum atomic E-state index is 10.9. The molecule has 2 fully saturated rings. The summed E-state index contributed by atoms with van der Waals surface area (Å²) in [5.41, 5.74) is 0.563. The van der Waals surface area contributed by atoms with Crippen molar-refractivity contribution >= 4 is 35.8 Å². The number of likely N-dealkylation sites (tertiary alicyclic amines) is 1. The first kappa shape index (κ1) is 18.5. The van der Waals surface area contributed by atoms with Crippen molar-refractivity contribution in [1.29, 1.82) is 0 Å². The van der Waals surface area contributed by atoms with Crippen molar-refractivity contribution in [2.24, 2.45) is 10.4 Å². The van der Waals surface area contributed by atoms with E-state index in [2.05, 4.69) is 27.4 Å². The Kier molecular flexibility index (Phi) is 7.76. The summed E-state index contributed by atoms with van der Waals surface area (Å²) in [5, 5.41) is 6.17. The lowest BCUT2D eigenvalue weighted by molar-refractivity contribution is -0.118. The Morgan fingerprint density at radius 1 is 1.24 bits per heavy atom. The average molecular weight is 408 g/mol. The van der Waals surface area contributed by atoms with Crippen LogP contribution < -0.4 is 10.6 Å². The highest BCUT2D eigenvalue weighted by atomic mass is 127. The fraction of sp³-hybridized carbons (Fsp3) is 0.867. The molecule has 1 spiro atoms. The van der Waals surface area contributed by atoms with Gasteiger partial charge in [0.05, 0.1) is 6.54 Å². The molecule has 1 heterocycles. The molecule has 122 valence electrons. The molecule has 0 radical (unpaired) electrons. The van der Waals surface area contributed by atoms with Gasteiger partial charge in [0.2, 0.25) is 5.91 Å². The lowest BCUT2D eigenvalue weighted by Crippen LogP contribution is -2.41. The zero-order valence-electron chi connectivity index (χ0n) is 13.3. The summed E-state index contributed by atoms with van der Waals surface area (Å²) in [5.74, 6) is 1.03. The number of halogens is 1. The number of hydrogen-bond donors (Lipinski definition) is 2. The third-order valence-electron chi connectivity index (χ3n) is 4.48. The molecular weight excluding hydrogens is 379 g/mol. The molecule has 2 rings (SSSR count). The molecular formula is C15H29IN4O. The van der Waals surface area contributed by atoms with E-state index in [0.29, 0.717) is 18.5 Å². The fourth-order valence-corrected chi connectivity index (χ4v) is 3.47. The van der Waals surface area contributed by atoms with E-state index in [-0.39, 0.29) is 29.9 Å². The Labute approximate surface area is 145 Å². The fourth-order valence-electron chi connectivity index (χ4n) is 3.47. The zero-order chi connectivity index (χ0) is 14.4. The molecule has 6 heteroatoms. The second-order valence-electron chi connectivity index (χ2n) is 6.10. The van der Waals surface area contributed by atoms with E-state index in [1.165, 1.54) is 32.1 Å². The molecule has 5 nitrogen and oxygen atoms in total. The van der Waals surface area contributed by atoms with Gasteiger partial charge >= 0.3 is 0 Å². The number of amides is 1. The zero-order valence-corrected chi connectivity index (χ0v) is 15.6. The molecule has 0 aromatic heterocycles. The molecule has 2 N–H and O–H groups in total. The second kappa shape index (κ2) is 8.80. The minimum absolute atomic E-state index is 0. The van der Waals surface area contributed by atoms with Gasteiger partial charge in [0, 0.05) is 33.1 Å². The molecule has 1 saturated heterocycles. The SMILES string of the molecule is CCNC(=NCCNC(C)=O)N1CCC2(CCCC2)C1.I. The van der Waals surface area contributed by atoms with Gasteiger partial charge in [-0.25, -0.2) is 0 Å². The third kappa shape index (κ3) is 5.30. The normalized spacial score (nSPS) is 20.5. The Hall–Kier alpha value is -0.530. The topological polar surface area (TPSA) is 56.7 Å². The van der Waals surface area contributed by atoms with Crippen molar-refractivity contribution in [3.05, 3.63) is 0 Å². The van der Waals surface area contributed by atoms with E-state index in [1.807, 2.05) is 0 Å². The van der Waals surface area contributed by atoms with Gasteiger partial charge in [-0.05, 0) is 31.6 Å². The Balaban J connectivity index is 0.00000220. The first-order valence-electron chi connectivity index (χ1n) is 7.93. The highest BCUT2D eigenvalue weighted by molar-refractivity contribution is 14.0. The van der Waals surface area contributed by atoms with Crippen molar-refractivity contribution in [3.63, 3.8) is 0 Å². The second-order valence-corrected chi connectivity index (χ2v) is 6.10. The molecule has 1 aliphatic heterocycles. The standard InChI is InChI=1S/C15H28N4O.HI/c1-3-16-14(18-10-9-17-13(2)20)19-11-8-15(12-19)6-4-5-7-15;/h3-12H2,1-2H3,(H,16,18)(H,17,20);1H. The van der Waals surface area contributed by atoms with Crippen LogP contribution in [-0.4, -0.2) is 49.5 Å². The van der Waals surface area contributed by atoms with E-state index >= 15 is 0 Å². The van der Waals surface area contributed by atoms with Gasteiger partial charge in [-0.15, -0.1) is 24.0 Å². The number of rotatable bonds is 4. The first-order chi connectivity index (χ1) is 9.65. The Bertz CT molecular complexity index is 367. The van der Waals surface area contributed by atoms with Crippen LogP contribution in [-0.2, 0) is 4.79 Å². The van der Waals surface area contributed by atoms with Crippen molar-refractivity contribution in [1.82, 2.24) is 15.5 Å². The average Bonchev–Trinajstić information content (AvgIpc) is 3.04. The largest absolute Gasteiger partial charge is 0.357 e. The summed E-state index contributed by atoms with van der Waals surface area (Å²) in [4.78, 5) is 17.9. The maximum absolute atomic E-state index is 10.9. The van der Waals surface area contributed by atoms with E-state index in [1.54, 1.807) is 6.92 Å². The molecule has 1 aliphatic carbocycles. The Morgan fingerprint density at radius 2 is 1.95 bits per heavy atom. The van der Waals surface area contributed by atoms with Crippen LogP contribution in [0, 0.1) is 5.41 Å². The molecule has 1 saturated carbocycles. The van der Waals surface area contributed by atoms with Crippen molar-refractivity contribution in [2.45, 2.75) is 46.0 Å². The van der Waals surface area contributed by atoms with Gasteiger partial charge in [0.25, 0.3) is 0 Å². The number of nitrogens with one attached hydrogen (secondary N) is 2. The van der Waals surface area contributed by atoms with Gasteiger partial charge < -0.3 is 15.5 Å². The summed E-state index contributed by atoms with van der Waals surface area (Å²) < 4.78 is 0. The number of aliphatic imine (C=N–C) groups is 1. The van der Waals surface area contributed by atoms with E-state index < -0.39 is 0 Å². The van der Waals surface area contributed by atoms with Gasteiger partial charge in [-0.3, -0.25) is 9.79 Å². The maximum Gasteiger partial charge on any atom is 0.216 e. The van der Waals surface area contributed by atoms with Crippen LogP contribution in [0.3, 0.4) is 0 Å². The highest BCUT2D eigenvalue weighted by Gasteiger charge is 2.40. The van der Waals surface area contributed by atoms with Crippen LogP contribution in [0.4, 0.5) is 0 Å². The van der Waals surface area contributed by atoms with Crippen molar-refractivity contribution in [2.75, 3.05) is 32.7 Å². The van der Waals surface area contributed by atoms with Gasteiger partial charge in [-0.2, -0.15) is 0 Å². The van der Waals surface area contributed by atoms with Gasteiger partial charge in [0.15, 0.2) is 5.96 Å². The number of carbonyl (C=O) groups excluding carboxylic acids is 1. The van der Waals surface area contributed by atoms with Crippen molar-refractivity contribution in [3.8, 4) is 0 Å². The first-order valence-corrected chi connectivity index (χ1v) is 7.93. The predicted octanol–water partition coefficient (Wildman–Crippen LogP) is 1.97. The van der Waals surface area contributed by atoms with Crippen LogP contribution in [0.2, 0.25) is 0 Å². The molecule has 0 aromatic carbocycles. The summed E-state index contributed by atoms with van der Waals surface area (Å²) in [6.07, 6.45) is 6.86. The van der Waals surface area contributed by atoms with Crippen LogP contribution >= 0.6 is 24.0 Å².